The fourth-order valence-electron chi connectivity index (χ4n) is 2.87. The Morgan fingerprint density at radius 1 is 1.00 bits per heavy atom. The molecule has 5 nitrogen and oxygen atoms in total. The van der Waals surface area contributed by atoms with Crippen LogP contribution in [0.4, 0.5) is 0 Å². The summed E-state index contributed by atoms with van der Waals surface area (Å²) in [5.41, 5.74) is 4.86. The molecule has 2 heterocycles. The zero-order valence-electron chi connectivity index (χ0n) is 13.7. The van der Waals surface area contributed by atoms with E-state index in [0.717, 1.165) is 33.3 Å². The zero-order valence-corrected chi connectivity index (χ0v) is 13.7. The van der Waals surface area contributed by atoms with E-state index >= 15 is 0 Å². The molecule has 4 aromatic rings. The normalized spacial score (nSPS) is 11.3. The van der Waals surface area contributed by atoms with Crippen LogP contribution in [0, 0.1) is 20.8 Å². The quantitative estimate of drug-likeness (QED) is 0.569. The van der Waals surface area contributed by atoms with Gasteiger partial charge >= 0.3 is 0 Å². The molecule has 0 radical (unpaired) electrons. The molecule has 0 spiro atoms. The number of phenolic OH excluding ortho intramolecular Hbond substituents is 1. The van der Waals surface area contributed by atoms with Crippen LogP contribution in [0.2, 0.25) is 0 Å². The lowest BCUT2D eigenvalue weighted by Gasteiger charge is -2.09. The van der Waals surface area contributed by atoms with Gasteiger partial charge in [0.1, 0.15) is 17.8 Å². The summed E-state index contributed by atoms with van der Waals surface area (Å²) >= 11 is 0. The van der Waals surface area contributed by atoms with E-state index in [2.05, 4.69) is 28.8 Å². The number of aryl methyl sites for hydroxylation is 3. The molecular formula is C19H17N3O2. The van der Waals surface area contributed by atoms with Gasteiger partial charge in [0.2, 0.25) is 5.88 Å². The minimum absolute atomic E-state index is 0.215. The lowest BCUT2D eigenvalue weighted by atomic mass is 10.1. The van der Waals surface area contributed by atoms with Crippen molar-refractivity contribution in [3.63, 3.8) is 0 Å². The predicted molar refractivity (Wildman–Crippen MR) is 93.8 cm³/mol. The van der Waals surface area contributed by atoms with E-state index in [-0.39, 0.29) is 5.75 Å². The van der Waals surface area contributed by atoms with Gasteiger partial charge in [0, 0.05) is 22.7 Å². The Morgan fingerprint density at radius 2 is 1.83 bits per heavy atom. The number of rotatable bonds is 2. The van der Waals surface area contributed by atoms with E-state index in [0.29, 0.717) is 11.4 Å². The smallest absolute Gasteiger partial charge is 0.230 e. The Balaban J connectivity index is 1.82. The topological polar surface area (TPSA) is 71.0 Å². The fraction of sp³-hybridized carbons (Fsp3) is 0.158. The molecular weight excluding hydrogens is 302 g/mol. The van der Waals surface area contributed by atoms with Gasteiger partial charge in [0.15, 0.2) is 0 Å². The van der Waals surface area contributed by atoms with Crippen molar-refractivity contribution < 1.29 is 9.84 Å². The van der Waals surface area contributed by atoms with E-state index in [1.807, 2.05) is 31.2 Å². The summed E-state index contributed by atoms with van der Waals surface area (Å²) in [5.74, 6) is 1.41. The molecule has 0 fully saturated rings. The first-order valence-electron chi connectivity index (χ1n) is 7.74. The summed E-state index contributed by atoms with van der Waals surface area (Å²) in [6.07, 6.45) is 1.44. The minimum atomic E-state index is 0.215. The Hall–Kier alpha value is -3.08. The number of H-pyrrole nitrogens is 1. The van der Waals surface area contributed by atoms with Crippen LogP contribution in [0.3, 0.4) is 0 Å². The lowest BCUT2D eigenvalue weighted by Crippen LogP contribution is -1.92. The van der Waals surface area contributed by atoms with E-state index in [1.165, 1.54) is 11.9 Å². The first kappa shape index (κ1) is 14.5. The average molecular weight is 319 g/mol. The molecule has 0 aliphatic rings. The highest BCUT2D eigenvalue weighted by molar-refractivity contribution is 5.87. The zero-order chi connectivity index (χ0) is 16.8. The average Bonchev–Trinajstić information content (AvgIpc) is 2.84. The first-order chi connectivity index (χ1) is 11.5. The molecule has 2 aromatic carbocycles. The molecule has 0 aliphatic carbocycles. The molecule has 4 rings (SSSR count). The van der Waals surface area contributed by atoms with Crippen LogP contribution in [0.25, 0.3) is 21.8 Å². The number of nitrogens with one attached hydrogen (secondary N) is 1. The van der Waals surface area contributed by atoms with Gasteiger partial charge in [-0.2, -0.15) is 0 Å². The molecule has 120 valence electrons. The van der Waals surface area contributed by atoms with Crippen molar-refractivity contribution in [3.8, 4) is 17.4 Å². The molecule has 0 saturated carbocycles. The number of nitrogens with zero attached hydrogens (tertiary/aromatic N) is 2. The maximum absolute atomic E-state index is 9.84. The van der Waals surface area contributed by atoms with Gasteiger partial charge in [-0.15, -0.1) is 0 Å². The van der Waals surface area contributed by atoms with Gasteiger partial charge in [0.25, 0.3) is 0 Å². The second-order valence-electron chi connectivity index (χ2n) is 6.02. The second kappa shape index (κ2) is 5.23. The van der Waals surface area contributed by atoms with Crippen molar-refractivity contribution in [2.24, 2.45) is 0 Å². The highest BCUT2D eigenvalue weighted by Crippen LogP contribution is 2.32. The van der Waals surface area contributed by atoms with E-state index in [4.69, 9.17) is 4.74 Å². The maximum atomic E-state index is 9.84. The monoisotopic (exact) mass is 319 g/mol. The van der Waals surface area contributed by atoms with Gasteiger partial charge in [-0.05, 0) is 56.2 Å². The number of phenols is 1. The van der Waals surface area contributed by atoms with Crippen LogP contribution >= 0.6 is 0 Å². The summed E-state index contributed by atoms with van der Waals surface area (Å²) in [5, 5.41) is 11.8. The number of ether oxygens (including phenoxy) is 1. The Bertz CT molecular complexity index is 1080. The number of hydrogen-bond acceptors (Lipinski definition) is 4. The Labute approximate surface area is 139 Å². The molecule has 0 bridgehead atoms. The van der Waals surface area contributed by atoms with Gasteiger partial charge in [-0.25, -0.2) is 9.97 Å². The first-order valence-corrected chi connectivity index (χ1v) is 7.74. The van der Waals surface area contributed by atoms with Crippen molar-refractivity contribution in [2.75, 3.05) is 0 Å². The minimum Gasteiger partial charge on any atom is -0.508 e. The van der Waals surface area contributed by atoms with Crippen molar-refractivity contribution >= 4 is 21.8 Å². The lowest BCUT2D eigenvalue weighted by molar-refractivity contribution is 0.466. The van der Waals surface area contributed by atoms with Crippen LogP contribution in [-0.2, 0) is 0 Å². The van der Waals surface area contributed by atoms with Gasteiger partial charge in [0.05, 0.1) is 10.9 Å². The van der Waals surface area contributed by atoms with E-state index in [9.17, 15) is 5.11 Å². The number of hydrogen-bond donors (Lipinski definition) is 2. The Kier molecular flexibility index (Phi) is 3.16. The molecule has 5 heteroatoms. The number of aromatic hydroxyl groups is 1. The molecule has 0 unspecified atom stereocenters. The summed E-state index contributed by atoms with van der Waals surface area (Å²) in [4.78, 5) is 11.8. The SMILES string of the molecule is Cc1cc2c(Oc3ccc4[nH]c(C)c(C)c4c3)ncnc2cc1O. The van der Waals surface area contributed by atoms with Crippen LogP contribution in [0.15, 0.2) is 36.7 Å². The number of benzene rings is 2. The van der Waals surface area contributed by atoms with Crippen LogP contribution in [0.1, 0.15) is 16.8 Å². The predicted octanol–water partition coefficient (Wildman–Crippen LogP) is 4.53. The highest BCUT2D eigenvalue weighted by atomic mass is 16.5. The van der Waals surface area contributed by atoms with E-state index < -0.39 is 0 Å². The number of aromatic nitrogens is 3. The molecule has 0 saturated heterocycles. The maximum Gasteiger partial charge on any atom is 0.230 e. The highest BCUT2D eigenvalue weighted by Gasteiger charge is 2.11. The molecule has 2 N–H and O–H groups in total. The number of fused-ring (bicyclic) bond motifs is 2. The third-order valence-corrected chi connectivity index (χ3v) is 4.41. The van der Waals surface area contributed by atoms with Crippen molar-refractivity contribution in [1.82, 2.24) is 15.0 Å². The summed E-state index contributed by atoms with van der Waals surface area (Å²) in [7, 11) is 0. The molecule has 24 heavy (non-hydrogen) atoms. The third kappa shape index (κ3) is 2.25. The van der Waals surface area contributed by atoms with E-state index in [1.54, 1.807) is 6.07 Å². The largest absolute Gasteiger partial charge is 0.508 e. The van der Waals surface area contributed by atoms with Gasteiger partial charge in [-0.3, -0.25) is 0 Å². The summed E-state index contributed by atoms with van der Waals surface area (Å²) in [6, 6.07) is 9.39. The molecule has 0 aliphatic heterocycles. The van der Waals surface area contributed by atoms with Crippen molar-refractivity contribution in [3.05, 3.63) is 53.5 Å². The standard InChI is InChI=1S/C19H17N3O2/c1-10-6-15-17(8-18(10)23)20-9-21-19(15)24-13-4-5-16-14(7-13)11(2)12(3)22-16/h4-9,22-23H,1-3H3. The Morgan fingerprint density at radius 3 is 2.67 bits per heavy atom. The molecule has 2 aromatic heterocycles. The van der Waals surface area contributed by atoms with Crippen LogP contribution < -0.4 is 4.74 Å². The van der Waals surface area contributed by atoms with Crippen molar-refractivity contribution in [2.45, 2.75) is 20.8 Å². The summed E-state index contributed by atoms with van der Waals surface area (Å²) < 4.78 is 6.01. The van der Waals surface area contributed by atoms with Crippen LogP contribution in [-0.4, -0.2) is 20.1 Å². The van der Waals surface area contributed by atoms with Crippen molar-refractivity contribution in [1.29, 1.82) is 0 Å². The van der Waals surface area contributed by atoms with Gasteiger partial charge < -0.3 is 14.8 Å². The van der Waals surface area contributed by atoms with Gasteiger partial charge in [-0.1, -0.05) is 0 Å². The summed E-state index contributed by atoms with van der Waals surface area (Å²) in [6.45, 7) is 5.98. The fourth-order valence-corrected chi connectivity index (χ4v) is 2.87. The second-order valence-corrected chi connectivity index (χ2v) is 6.02. The molecule has 0 amide bonds. The molecule has 0 atom stereocenters. The third-order valence-electron chi connectivity index (χ3n) is 4.41. The van der Waals surface area contributed by atoms with Crippen LogP contribution in [0.5, 0.6) is 17.4 Å². The number of aromatic amines is 1.